The van der Waals surface area contributed by atoms with Gasteiger partial charge in [0.1, 0.15) is 5.03 Å². The second-order valence-corrected chi connectivity index (χ2v) is 7.69. The van der Waals surface area contributed by atoms with E-state index < -0.39 is 0 Å². The van der Waals surface area contributed by atoms with Crippen LogP contribution in [-0.2, 0) is 0 Å². The lowest BCUT2D eigenvalue weighted by Gasteiger charge is -2.32. The first kappa shape index (κ1) is 19.0. The molecule has 1 aliphatic heterocycles. The summed E-state index contributed by atoms with van der Waals surface area (Å²) in [5.41, 5.74) is 0.662. The van der Waals surface area contributed by atoms with Gasteiger partial charge in [0.2, 0.25) is 0 Å². The maximum absolute atomic E-state index is 12.7. The van der Waals surface area contributed by atoms with Gasteiger partial charge in [0.25, 0.3) is 11.8 Å². The molecule has 3 heterocycles. The van der Waals surface area contributed by atoms with E-state index in [9.17, 15) is 9.59 Å². The van der Waals surface area contributed by atoms with Crippen molar-refractivity contribution in [2.24, 2.45) is 5.92 Å². The van der Waals surface area contributed by atoms with E-state index in [0.717, 1.165) is 17.9 Å². The fraction of sp³-hybridized carbons (Fsp3) is 0.389. The first-order chi connectivity index (χ1) is 12.6. The highest BCUT2D eigenvalue weighted by Crippen LogP contribution is 2.23. The molecule has 6 nitrogen and oxygen atoms in total. The van der Waals surface area contributed by atoms with E-state index in [1.807, 2.05) is 17.2 Å². The maximum Gasteiger partial charge on any atom is 0.287 e. The summed E-state index contributed by atoms with van der Waals surface area (Å²) in [4.78, 5) is 30.9. The number of nitrogens with zero attached hydrogens (tertiary/aromatic N) is 2. The topological polar surface area (TPSA) is 75.4 Å². The Morgan fingerprint density at radius 1 is 1.35 bits per heavy atom. The van der Waals surface area contributed by atoms with Gasteiger partial charge >= 0.3 is 0 Å². The molecule has 0 radical (unpaired) electrons. The lowest BCUT2D eigenvalue weighted by molar-refractivity contribution is 0.0679. The number of furan rings is 1. The standard InChI is InChI=1S/C18H20BrN3O3S/c1-26-17-13(3-2-8-20-17)18(24)22-9-6-12(7-10-22)11-21-16(23)14-4-5-15(19)25-14/h2-5,8,12H,6-7,9-11H2,1H3,(H,21,23). The van der Waals surface area contributed by atoms with Crippen molar-refractivity contribution >= 4 is 39.5 Å². The van der Waals surface area contributed by atoms with Gasteiger partial charge in [-0.1, -0.05) is 0 Å². The number of nitrogens with one attached hydrogen (secondary N) is 1. The smallest absolute Gasteiger partial charge is 0.287 e. The number of thioether (sulfide) groups is 1. The highest BCUT2D eigenvalue weighted by atomic mass is 79.9. The first-order valence-corrected chi connectivity index (χ1v) is 10.4. The number of hydrogen-bond acceptors (Lipinski definition) is 5. The lowest BCUT2D eigenvalue weighted by atomic mass is 9.96. The van der Waals surface area contributed by atoms with Crippen molar-refractivity contribution in [3.63, 3.8) is 0 Å². The molecule has 2 aromatic heterocycles. The van der Waals surface area contributed by atoms with Crippen molar-refractivity contribution in [1.82, 2.24) is 15.2 Å². The Labute approximate surface area is 164 Å². The van der Waals surface area contributed by atoms with Crippen LogP contribution in [0.15, 0.2) is 44.6 Å². The number of carbonyl (C=O) groups excluding carboxylic acids is 2. The van der Waals surface area contributed by atoms with Crippen molar-refractivity contribution < 1.29 is 14.0 Å². The van der Waals surface area contributed by atoms with Crippen LogP contribution >= 0.6 is 27.7 Å². The minimum absolute atomic E-state index is 0.0328. The van der Waals surface area contributed by atoms with Crippen LogP contribution in [0.2, 0.25) is 0 Å². The molecular weight excluding hydrogens is 418 g/mol. The van der Waals surface area contributed by atoms with Gasteiger partial charge in [0.15, 0.2) is 10.4 Å². The predicted octanol–water partition coefficient (Wildman–Crippen LogP) is 3.44. The van der Waals surface area contributed by atoms with Crippen LogP contribution < -0.4 is 5.32 Å². The molecule has 8 heteroatoms. The molecule has 1 N–H and O–H groups in total. The number of aromatic nitrogens is 1. The van der Waals surface area contributed by atoms with Gasteiger partial charge in [-0.25, -0.2) is 4.98 Å². The second-order valence-electron chi connectivity index (χ2n) is 6.11. The zero-order chi connectivity index (χ0) is 18.5. The van der Waals surface area contributed by atoms with Crippen molar-refractivity contribution in [3.8, 4) is 0 Å². The van der Waals surface area contributed by atoms with E-state index >= 15 is 0 Å². The van der Waals surface area contributed by atoms with E-state index in [1.54, 1.807) is 24.4 Å². The van der Waals surface area contributed by atoms with Crippen LogP contribution in [0.4, 0.5) is 0 Å². The molecule has 2 aromatic rings. The highest BCUT2D eigenvalue weighted by Gasteiger charge is 2.25. The quantitative estimate of drug-likeness (QED) is 0.724. The zero-order valence-electron chi connectivity index (χ0n) is 14.4. The number of carbonyl (C=O) groups is 2. The number of piperidine rings is 1. The molecule has 138 valence electrons. The minimum atomic E-state index is -0.214. The third kappa shape index (κ3) is 4.48. The van der Waals surface area contributed by atoms with Gasteiger partial charge in [-0.15, -0.1) is 11.8 Å². The SMILES string of the molecule is CSc1ncccc1C(=O)N1CCC(CNC(=O)c2ccc(Br)o2)CC1. The third-order valence-corrected chi connectivity index (χ3v) is 5.58. The van der Waals surface area contributed by atoms with E-state index in [4.69, 9.17) is 4.42 Å². The molecule has 3 rings (SSSR count). The molecular formula is C18H20BrN3O3S. The Morgan fingerprint density at radius 2 is 2.12 bits per heavy atom. The molecule has 1 fully saturated rings. The Hall–Kier alpha value is -1.80. The van der Waals surface area contributed by atoms with Crippen LogP contribution in [0.3, 0.4) is 0 Å². The minimum Gasteiger partial charge on any atom is -0.444 e. The number of rotatable bonds is 5. The molecule has 0 atom stereocenters. The molecule has 1 saturated heterocycles. The summed E-state index contributed by atoms with van der Waals surface area (Å²) < 4.78 is 5.78. The molecule has 26 heavy (non-hydrogen) atoms. The normalized spacial score (nSPS) is 15.1. The summed E-state index contributed by atoms with van der Waals surface area (Å²) in [5, 5.41) is 3.67. The van der Waals surface area contributed by atoms with Crippen molar-refractivity contribution in [2.75, 3.05) is 25.9 Å². The molecule has 0 unspecified atom stereocenters. The van der Waals surface area contributed by atoms with Gasteiger partial charge in [-0.05, 0) is 65.2 Å². The van der Waals surface area contributed by atoms with Gasteiger partial charge in [-0.3, -0.25) is 9.59 Å². The third-order valence-electron chi connectivity index (χ3n) is 4.44. The summed E-state index contributed by atoms with van der Waals surface area (Å²) in [7, 11) is 0. The van der Waals surface area contributed by atoms with Crippen molar-refractivity contribution in [3.05, 3.63) is 46.5 Å². The molecule has 0 aromatic carbocycles. The zero-order valence-corrected chi connectivity index (χ0v) is 16.8. The highest BCUT2D eigenvalue weighted by molar-refractivity contribution is 9.10. The fourth-order valence-corrected chi connectivity index (χ4v) is 3.84. The molecule has 1 aliphatic rings. The molecule has 2 amide bonds. The van der Waals surface area contributed by atoms with Crippen LogP contribution in [0.5, 0.6) is 0 Å². The number of hydrogen-bond donors (Lipinski definition) is 1. The fourth-order valence-electron chi connectivity index (χ4n) is 2.99. The van der Waals surface area contributed by atoms with Crippen molar-refractivity contribution in [1.29, 1.82) is 0 Å². The number of halogens is 1. The van der Waals surface area contributed by atoms with Gasteiger partial charge < -0.3 is 14.6 Å². The average molecular weight is 438 g/mol. The summed E-state index contributed by atoms with van der Waals surface area (Å²) >= 11 is 4.67. The number of likely N-dealkylation sites (tertiary alicyclic amines) is 1. The van der Waals surface area contributed by atoms with E-state index in [2.05, 4.69) is 26.2 Å². The molecule has 0 bridgehead atoms. The molecule has 0 aliphatic carbocycles. The van der Waals surface area contributed by atoms with Crippen LogP contribution in [0.25, 0.3) is 0 Å². The van der Waals surface area contributed by atoms with Gasteiger partial charge in [0, 0.05) is 25.8 Å². The lowest BCUT2D eigenvalue weighted by Crippen LogP contribution is -2.41. The average Bonchev–Trinajstić information content (AvgIpc) is 3.12. The van der Waals surface area contributed by atoms with Crippen molar-refractivity contribution in [2.45, 2.75) is 17.9 Å². The van der Waals surface area contributed by atoms with Crippen LogP contribution in [-0.4, -0.2) is 47.6 Å². The van der Waals surface area contributed by atoms with Gasteiger partial charge in [0.05, 0.1) is 5.56 Å². The first-order valence-electron chi connectivity index (χ1n) is 8.40. The summed E-state index contributed by atoms with van der Waals surface area (Å²) in [6.07, 6.45) is 5.35. The maximum atomic E-state index is 12.7. The molecule has 0 spiro atoms. The molecule has 0 saturated carbocycles. The van der Waals surface area contributed by atoms with E-state index in [-0.39, 0.29) is 11.8 Å². The predicted molar refractivity (Wildman–Crippen MR) is 103 cm³/mol. The summed E-state index contributed by atoms with van der Waals surface area (Å²) in [5.74, 6) is 0.473. The monoisotopic (exact) mass is 437 g/mol. The largest absolute Gasteiger partial charge is 0.444 e. The Balaban J connectivity index is 1.49. The van der Waals surface area contributed by atoms with Crippen LogP contribution in [0.1, 0.15) is 33.8 Å². The summed E-state index contributed by atoms with van der Waals surface area (Å²) in [6.45, 7) is 1.96. The van der Waals surface area contributed by atoms with E-state index in [1.165, 1.54) is 11.8 Å². The van der Waals surface area contributed by atoms with E-state index in [0.29, 0.717) is 41.5 Å². The summed E-state index contributed by atoms with van der Waals surface area (Å²) in [6, 6.07) is 6.95. The Kier molecular flexibility index (Phi) is 6.37. The Morgan fingerprint density at radius 3 is 2.77 bits per heavy atom. The number of amides is 2. The Bertz CT molecular complexity index is 787. The van der Waals surface area contributed by atoms with Gasteiger partial charge in [-0.2, -0.15) is 0 Å². The van der Waals surface area contributed by atoms with Crippen LogP contribution in [0, 0.1) is 5.92 Å². The number of pyridine rings is 1. The second kappa shape index (κ2) is 8.73.